The van der Waals surface area contributed by atoms with Gasteiger partial charge in [-0.15, -0.1) is 11.3 Å². The molecule has 2 aromatic rings. The third-order valence-corrected chi connectivity index (χ3v) is 4.32. The lowest BCUT2D eigenvalue weighted by atomic mass is 9.97. The summed E-state index contributed by atoms with van der Waals surface area (Å²) in [5, 5.41) is 1.94. The second kappa shape index (κ2) is 5.55. The van der Waals surface area contributed by atoms with Gasteiger partial charge in [0.2, 0.25) is 0 Å². The van der Waals surface area contributed by atoms with E-state index in [1.165, 1.54) is 17.4 Å². The van der Waals surface area contributed by atoms with Crippen LogP contribution >= 0.6 is 11.3 Å². The Balaban J connectivity index is 2.44. The van der Waals surface area contributed by atoms with Crippen LogP contribution in [0.4, 0.5) is 13.2 Å². The molecule has 0 saturated heterocycles. The molecule has 108 valence electrons. The van der Waals surface area contributed by atoms with Crippen molar-refractivity contribution in [2.24, 2.45) is 5.84 Å². The molecule has 0 bridgehead atoms. The number of alkyl halides is 3. The highest BCUT2D eigenvalue weighted by molar-refractivity contribution is 7.10. The summed E-state index contributed by atoms with van der Waals surface area (Å²) in [4.78, 5) is 1.01. The molecule has 1 aromatic heterocycles. The predicted octanol–water partition coefficient (Wildman–Crippen LogP) is 3.94. The second-order valence-corrected chi connectivity index (χ2v) is 5.58. The zero-order chi connectivity index (χ0) is 14.9. The van der Waals surface area contributed by atoms with Crippen LogP contribution in [0.25, 0.3) is 0 Å². The quantitative estimate of drug-likeness (QED) is 0.665. The molecule has 2 nitrogen and oxygen atoms in total. The van der Waals surface area contributed by atoms with E-state index in [1.807, 2.05) is 18.4 Å². The van der Waals surface area contributed by atoms with Crippen LogP contribution in [0, 0.1) is 13.8 Å². The molecular formula is C14H15F3N2S. The average Bonchev–Trinajstić information content (AvgIpc) is 2.77. The standard InChI is InChI=1S/C14H15F3N2S/c1-8-5-6-20-13(8)12(19-18)11-4-3-10(7-9(11)2)14(15,16)17/h3-7,12,19H,18H2,1-2H3. The molecule has 0 radical (unpaired) electrons. The number of hydrogen-bond acceptors (Lipinski definition) is 3. The number of nitrogens with two attached hydrogens (primary N) is 1. The first kappa shape index (κ1) is 15.0. The van der Waals surface area contributed by atoms with E-state index in [0.717, 1.165) is 28.1 Å². The van der Waals surface area contributed by atoms with E-state index in [1.54, 1.807) is 6.92 Å². The minimum absolute atomic E-state index is 0.294. The van der Waals surface area contributed by atoms with E-state index >= 15 is 0 Å². The lowest BCUT2D eigenvalue weighted by Gasteiger charge is -2.19. The van der Waals surface area contributed by atoms with Crippen molar-refractivity contribution >= 4 is 11.3 Å². The Morgan fingerprint density at radius 3 is 2.30 bits per heavy atom. The number of thiophene rings is 1. The molecule has 20 heavy (non-hydrogen) atoms. The SMILES string of the molecule is Cc1cc(C(F)(F)F)ccc1C(NN)c1sccc1C. The highest BCUT2D eigenvalue weighted by Gasteiger charge is 2.31. The van der Waals surface area contributed by atoms with Gasteiger partial charge in [0.15, 0.2) is 0 Å². The summed E-state index contributed by atoms with van der Waals surface area (Å²) in [7, 11) is 0. The fraction of sp³-hybridized carbons (Fsp3) is 0.286. The maximum atomic E-state index is 12.7. The van der Waals surface area contributed by atoms with Crippen molar-refractivity contribution in [3.63, 3.8) is 0 Å². The molecule has 2 rings (SSSR count). The summed E-state index contributed by atoms with van der Waals surface area (Å²) in [5.41, 5.74) is 4.44. The molecular weight excluding hydrogens is 285 g/mol. The van der Waals surface area contributed by atoms with Crippen LogP contribution in [0.5, 0.6) is 0 Å². The van der Waals surface area contributed by atoms with Crippen molar-refractivity contribution in [3.8, 4) is 0 Å². The number of halogens is 3. The van der Waals surface area contributed by atoms with Gasteiger partial charge in [-0.3, -0.25) is 5.84 Å². The lowest BCUT2D eigenvalue weighted by Crippen LogP contribution is -2.29. The van der Waals surface area contributed by atoms with E-state index in [9.17, 15) is 13.2 Å². The van der Waals surface area contributed by atoms with E-state index in [0.29, 0.717) is 5.56 Å². The number of aryl methyl sites for hydroxylation is 2. The molecule has 3 N–H and O–H groups in total. The van der Waals surface area contributed by atoms with Crippen LogP contribution in [0.15, 0.2) is 29.6 Å². The first-order valence-electron chi connectivity index (χ1n) is 6.02. The third-order valence-electron chi connectivity index (χ3n) is 3.24. The Labute approximate surface area is 119 Å². The van der Waals surface area contributed by atoms with E-state index in [2.05, 4.69) is 5.43 Å². The van der Waals surface area contributed by atoms with Gasteiger partial charge in [0.1, 0.15) is 0 Å². The first-order valence-corrected chi connectivity index (χ1v) is 6.90. The Hall–Kier alpha value is -1.37. The fourth-order valence-electron chi connectivity index (χ4n) is 2.16. The fourth-order valence-corrected chi connectivity index (χ4v) is 3.17. The van der Waals surface area contributed by atoms with Gasteiger partial charge in [-0.25, -0.2) is 5.43 Å². The maximum Gasteiger partial charge on any atom is 0.416 e. The highest BCUT2D eigenvalue weighted by Crippen LogP contribution is 2.34. The minimum Gasteiger partial charge on any atom is -0.271 e. The number of hydrazine groups is 1. The molecule has 0 amide bonds. The van der Waals surface area contributed by atoms with Crippen LogP contribution in [0.3, 0.4) is 0 Å². The van der Waals surface area contributed by atoms with Gasteiger partial charge >= 0.3 is 6.18 Å². The van der Waals surface area contributed by atoms with Gasteiger partial charge < -0.3 is 0 Å². The van der Waals surface area contributed by atoms with Crippen molar-refractivity contribution in [1.29, 1.82) is 0 Å². The topological polar surface area (TPSA) is 38.0 Å². The molecule has 1 unspecified atom stereocenters. The molecule has 0 aliphatic heterocycles. The Morgan fingerprint density at radius 1 is 1.15 bits per heavy atom. The largest absolute Gasteiger partial charge is 0.416 e. The number of nitrogens with one attached hydrogen (secondary N) is 1. The van der Waals surface area contributed by atoms with Crippen molar-refractivity contribution in [2.45, 2.75) is 26.1 Å². The molecule has 1 atom stereocenters. The monoisotopic (exact) mass is 300 g/mol. The summed E-state index contributed by atoms with van der Waals surface area (Å²) >= 11 is 1.53. The average molecular weight is 300 g/mol. The van der Waals surface area contributed by atoms with Gasteiger partial charge in [0.05, 0.1) is 11.6 Å². The van der Waals surface area contributed by atoms with E-state index in [-0.39, 0.29) is 6.04 Å². The van der Waals surface area contributed by atoms with Gasteiger partial charge in [-0.2, -0.15) is 13.2 Å². The molecule has 0 aliphatic carbocycles. The Morgan fingerprint density at radius 2 is 1.85 bits per heavy atom. The molecule has 1 aromatic carbocycles. The summed E-state index contributed by atoms with van der Waals surface area (Å²) < 4.78 is 38.0. The van der Waals surface area contributed by atoms with Crippen molar-refractivity contribution in [3.05, 3.63) is 56.8 Å². The molecule has 0 fully saturated rings. The Kier molecular flexibility index (Phi) is 4.17. The first-order chi connectivity index (χ1) is 9.34. The van der Waals surface area contributed by atoms with E-state index in [4.69, 9.17) is 5.84 Å². The van der Waals surface area contributed by atoms with Gasteiger partial charge in [0, 0.05) is 4.88 Å². The normalized spacial score (nSPS) is 13.5. The minimum atomic E-state index is -4.33. The van der Waals surface area contributed by atoms with Gasteiger partial charge in [0.25, 0.3) is 0 Å². The van der Waals surface area contributed by atoms with Gasteiger partial charge in [-0.1, -0.05) is 6.07 Å². The molecule has 0 spiro atoms. The maximum absolute atomic E-state index is 12.7. The lowest BCUT2D eigenvalue weighted by molar-refractivity contribution is -0.137. The van der Waals surface area contributed by atoms with Crippen molar-refractivity contribution < 1.29 is 13.2 Å². The zero-order valence-electron chi connectivity index (χ0n) is 11.1. The third kappa shape index (κ3) is 2.87. The smallest absolute Gasteiger partial charge is 0.271 e. The molecule has 0 saturated carbocycles. The molecule has 0 aliphatic rings. The Bertz CT molecular complexity index is 605. The zero-order valence-corrected chi connectivity index (χ0v) is 11.9. The summed E-state index contributed by atoms with van der Waals surface area (Å²) in [6.45, 7) is 3.62. The van der Waals surface area contributed by atoms with Gasteiger partial charge in [-0.05, 0) is 54.1 Å². The van der Waals surface area contributed by atoms with E-state index < -0.39 is 11.7 Å². The summed E-state index contributed by atoms with van der Waals surface area (Å²) in [6, 6.07) is 5.40. The molecule has 6 heteroatoms. The summed E-state index contributed by atoms with van der Waals surface area (Å²) in [6.07, 6.45) is -4.33. The number of rotatable bonds is 3. The number of benzene rings is 1. The van der Waals surface area contributed by atoms with Crippen LogP contribution in [-0.2, 0) is 6.18 Å². The predicted molar refractivity (Wildman–Crippen MR) is 74.4 cm³/mol. The van der Waals surface area contributed by atoms with Crippen molar-refractivity contribution in [1.82, 2.24) is 5.43 Å². The van der Waals surface area contributed by atoms with Crippen molar-refractivity contribution in [2.75, 3.05) is 0 Å². The molecule has 1 heterocycles. The summed E-state index contributed by atoms with van der Waals surface area (Å²) in [5.74, 6) is 5.59. The number of hydrogen-bond donors (Lipinski definition) is 2. The second-order valence-electron chi connectivity index (χ2n) is 4.64. The van der Waals surface area contributed by atoms with Crippen LogP contribution < -0.4 is 11.3 Å². The van der Waals surface area contributed by atoms with Crippen LogP contribution in [0.2, 0.25) is 0 Å². The highest BCUT2D eigenvalue weighted by atomic mass is 32.1. The van der Waals surface area contributed by atoms with Crippen LogP contribution in [-0.4, -0.2) is 0 Å². The van der Waals surface area contributed by atoms with Crippen LogP contribution in [0.1, 0.15) is 33.2 Å².